The van der Waals surface area contributed by atoms with Crippen LogP contribution in [0, 0.1) is 0 Å². The highest BCUT2D eigenvalue weighted by Crippen LogP contribution is 2.13. The largest absolute Gasteiger partial charge is 0.476 e. The molecule has 0 fully saturated rings. The number of hydrogen-bond acceptors (Lipinski definition) is 4. The van der Waals surface area contributed by atoms with Crippen LogP contribution in [0.15, 0.2) is 6.20 Å². The second-order valence-electron chi connectivity index (χ2n) is 2.38. The number of amides is 1. The third-order valence-electron chi connectivity index (χ3n) is 1.24. The molecule has 0 atom stereocenters. The fourth-order valence-electron chi connectivity index (χ4n) is 0.778. The Morgan fingerprint density at radius 3 is 2.71 bits per heavy atom. The quantitative estimate of drug-likeness (QED) is 0.761. The highest BCUT2D eigenvalue weighted by atomic mass is 35.5. The van der Waals surface area contributed by atoms with Crippen LogP contribution in [0.1, 0.15) is 17.4 Å². The van der Waals surface area contributed by atoms with Crippen LogP contribution in [-0.2, 0) is 4.79 Å². The molecule has 0 aromatic carbocycles. The first-order valence-electron chi connectivity index (χ1n) is 3.54. The van der Waals surface area contributed by atoms with E-state index in [1.807, 2.05) is 0 Å². The smallest absolute Gasteiger partial charge is 0.358 e. The van der Waals surface area contributed by atoms with E-state index in [2.05, 4.69) is 15.3 Å². The molecular weight excluding hydrogens is 210 g/mol. The fraction of sp³-hybridized carbons (Fsp3) is 0.143. The number of carboxylic acids is 1. The predicted molar refractivity (Wildman–Crippen MR) is 48.3 cm³/mol. The van der Waals surface area contributed by atoms with Gasteiger partial charge in [0, 0.05) is 6.92 Å². The van der Waals surface area contributed by atoms with Gasteiger partial charge < -0.3 is 10.4 Å². The van der Waals surface area contributed by atoms with Gasteiger partial charge in [-0.25, -0.2) is 14.8 Å². The van der Waals surface area contributed by atoms with Crippen LogP contribution in [0.4, 0.5) is 5.82 Å². The van der Waals surface area contributed by atoms with E-state index in [4.69, 9.17) is 16.7 Å². The Labute approximate surface area is 83.9 Å². The molecule has 0 bridgehead atoms. The first-order valence-corrected chi connectivity index (χ1v) is 3.92. The molecule has 1 heterocycles. The summed E-state index contributed by atoms with van der Waals surface area (Å²) in [4.78, 5) is 28.4. The van der Waals surface area contributed by atoms with Gasteiger partial charge in [0.1, 0.15) is 5.15 Å². The zero-order chi connectivity index (χ0) is 10.7. The van der Waals surface area contributed by atoms with Crippen molar-refractivity contribution in [3.05, 3.63) is 17.0 Å². The predicted octanol–water partition coefficient (Wildman–Crippen LogP) is 0.787. The number of rotatable bonds is 2. The van der Waals surface area contributed by atoms with E-state index in [9.17, 15) is 9.59 Å². The fourth-order valence-corrected chi connectivity index (χ4v) is 0.911. The summed E-state index contributed by atoms with van der Waals surface area (Å²) in [7, 11) is 0. The number of halogens is 1. The summed E-state index contributed by atoms with van der Waals surface area (Å²) in [5.74, 6) is -1.88. The summed E-state index contributed by atoms with van der Waals surface area (Å²) >= 11 is 5.49. The maximum absolute atomic E-state index is 10.7. The second kappa shape index (κ2) is 4.01. The summed E-state index contributed by atoms with van der Waals surface area (Å²) in [5.41, 5.74) is -0.343. The zero-order valence-electron chi connectivity index (χ0n) is 7.11. The number of carbonyl (C=O) groups is 2. The molecule has 2 N–H and O–H groups in total. The van der Waals surface area contributed by atoms with Gasteiger partial charge in [0.25, 0.3) is 0 Å². The molecule has 74 valence electrons. The molecule has 0 aliphatic heterocycles. The lowest BCUT2D eigenvalue weighted by atomic mass is 10.4. The van der Waals surface area contributed by atoms with Crippen LogP contribution >= 0.6 is 11.6 Å². The molecule has 0 unspecified atom stereocenters. The second-order valence-corrected chi connectivity index (χ2v) is 2.76. The lowest BCUT2D eigenvalue weighted by molar-refractivity contribution is -0.114. The standard InChI is InChI=1S/C7H6ClN3O3/c1-3(12)10-6-5(7(13)14)9-2-4(8)11-6/h2H,1H3,(H,13,14)(H,10,11,12). The lowest BCUT2D eigenvalue weighted by Crippen LogP contribution is -2.14. The van der Waals surface area contributed by atoms with Gasteiger partial charge in [-0.05, 0) is 0 Å². The van der Waals surface area contributed by atoms with Gasteiger partial charge in [-0.1, -0.05) is 11.6 Å². The van der Waals surface area contributed by atoms with Crippen LogP contribution in [0.5, 0.6) is 0 Å². The number of hydrogen-bond donors (Lipinski definition) is 2. The molecular formula is C7H6ClN3O3. The SMILES string of the molecule is CC(=O)Nc1nc(Cl)cnc1C(=O)O. The van der Waals surface area contributed by atoms with Crippen LogP contribution < -0.4 is 5.32 Å². The maximum Gasteiger partial charge on any atom is 0.358 e. The van der Waals surface area contributed by atoms with Crippen molar-refractivity contribution in [2.75, 3.05) is 5.32 Å². The Bertz CT molecular complexity index is 394. The Hall–Kier alpha value is -1.69. The van der Waals surface area contributed by atoms with Crippen molar-refractivity contribution < 1.29 is 14.7 Å². The number of nitrogens with one attached hydrogen (secondary N) is 1. The third-order valence-corrected chi connectivity index (χ3v) is 1.42. The van der Waals surface area contributed by atoms with Gasteiger partial charge in [-0.3, -0.25) is 4.79 Å². The Kier molecular flexibility index (Phi) is 2.98. The van der Waals surface area contributed by atoms with Gasteiger partial charge in [0.15, 0.2) is 11.5 Å². The van der Waals surface area contributed by atoms with Crippen molar-refractivity contribution in [3.8, 4) is 0 Å². The third kappa shape index (κ3) is 2.40. The van der Waals surface area contributed by atoms with E-state index in [0.29, 0.717) is 0 Å². The number of carboxylic acid groups (broad SMARTS) is 1. The van der Waals surface area contributed by atoms with E-state index in [-0.39, 0.29) is 16.7 Å². The summed E-state index contributed by atoms with van der Waals surface area (Å²) < 4.78 is 0. The first kappa shape index (κ1) is 10.4. The lowest BCUT2D eigenvalue weighted by Gasteiger charge is -2.03. The monoisotopic (exact) mass is 215 g/mol. The summed E-state index contributed by atoms with van der Waals surface area (Å²) in [6.07, 6.45) is 1.09. The molecule has 1 aromatic rings. The Morgan fingerprint density at radius 1 is 1.57 bits per heavy atom. The molecule has 6 nitrogen and oxygen atoms in total. The number of aromatic carboxylic acids is 1. The molecule has 0 aliphatic rings. The number of anilines is 1. The molecule has 7 heteroatoms. The van der Waals surface area contributed by atoms with Crippen molar-refractivity contribution in [3.63, 3.8) is 0 Å². The molecule has 0 saturated carbocycles. The highest BCUT2D eigenvalue weighted by Gasteiger charge is 2.14. The molecule has 0 radical (unpaired) electrons. The minimum atomic E-state index is -1.28. The Balaban J connectivity index is 3.15. The molecule has 0 spiro atoms. The van der Waals surface area contributed by atoms with Crippen molar-refractivity contribution in [2.24, 2.45) is 0 Å². The van der Waals surface area contributed by atoms with E-state index < -0.39 is 11.9 Å². The van der Waals surface area contributed by atoms with Gasteiger partial charge in [-0.15, -0.1) is 0 Å². The first-order chi connectivity index (χ1) is 6.50. The van der Waals surface area contributed by atoms with Gasteiger partial charge in [0.2, 0.25) is 5.91 Å². The molecule has 0 saturated heterocycles. The van der Waals surface area contributed by atoms with Gasteiger partial charge >= 0.3 is 5.97 Å². The highest BCUT2D eigenvalue weighted by molar-refractivity contribution is 6.29. The van der Waals surface area contributed by atoms with Gasteiger partial charge in [-0.2, -0.15) is 0 Å². The van der Waals surface area contributed by atoms with Crippen molar-refractivity contribution in [1.82, 2.24) is 9.97 Å². The van der Waals surface area contributed by atoms with Crippen molar-refractivity contribution >= 4 is 29.3 Å². The molecule has 1 amide bonds. The van der Waals surface area contributed by atoms with Crippen LogP contribution in [-0.4, -0.2) is 27.0 Å². The topological polar surface area (TPSA) is 92.2 Å². The molecule has 0 aliphatic carbocycles. The molecule has 14 heavy (non-hydrogen) atoms. The van der Waals surface area contributed by atoms with Crippen LogP contribution in [0.2, 0.25) is 5.15 Å². The van der Waals surface area contributed by atoms with Crippen molar-refractivity contribution in [1.29, 1.82) is 0 Å². The van der Waals surface area contributed by atoms with E-state index >= 15 is 0 Å². The minimum absolute atomic E-state index is 0.0127. The maximum atomic E-state index is 10.7. The number of carbonyl (C=O) groups excluding carboxylic acids is 1. The van der Waals surface area contributed by atoms with Crippen LogP contribution in [0.3, 0.4) is 0 Å². The minimum Gasteiger partial charge on any atom is -0.476 e. The summed E-state index contributed by atoms with van der Waals surface area (Å²) in [5, 5.41) is 10.9. The van der Waals surface area contributed by atoms with Gasteiger partial charge in [0.05, 0.1) is 6.20 Å². The van der Waals surface area contributed by atoms with E-state index in [1.54, 1.807) is 0 Å². The Morgan fingerprint density at radius 2 is 2.21 bits per heavy atom. The molecule has 1 rings (SSSR count). The zero-order valence-corrected chi connectivity index (χ0v) is 7.87. The average molecular weight is 216 g/mol. The van der Waals surface area contributed by atoms with Crippen molar-refractivity contribution in [2.45, 2.75) is 6.92 Å². The summed E-state index contributed by atoms with van der Waals surface area (Å²) in [6, 6.07) is 0. The number of aromatic nitrogens is 2. The van der Waals surface area contributed by atoms with E-state index in [0.717, 1.165) is 6.20 Å². The average Bonchev–Trinajstić information content (AvgIpc) is 2.01. The van der Waals surface area contributed by atoms with E-state index in [1.165, 1.54) is 6.92 Å². The molecule has 1 aromatic heterocycles. The van der Waals surface area contributed by atoms with Crippen LogP contribution in [0.25, 0.3) is 0 Å². The summed E-state index contributed by atoms with van der Waals surface area (Å²) in [6.45, 7) is 1.23. The normalized spacial score (nSPS) is 9.57. The number of nitrogens with zero attached hydrogens (tertiary/aromatic N) is 2.